The van der Waals surface area contributed by atoms with Crippen LogP contribution in [0, 0.1) is 20.8 Å². The molecule has 0 aliphatic rings. The number of carbonyl (C=O) groups is 1. The van der Waals surface area contributed by atoms with E-state index >= 15 is 0 Å². The summed E-state index contributed by atoms with van der Waals surface area (Å²) in [6.07, 6.45) is 1.10. The van der Waals surface area contributed by atoms with Crippen LogP contribution in [0.3, 0.4) is 0 Å². The van der Waals surface area contributed by atoms with Crippen LogP contribution >= 0.6 is 11.6 Å². The Morgan fingerprint density at radius 1 is 1.33 bits per heavy atom. The minimum atomic E-state index is -0.0385. The molecule has 4 nitrogen and oxygen atoms in total. The van der Waals surface area contributed by atoms with Crippen molar-refractivity contribution in [1.29, 1.82) is 0 Å². The number of carbonyl (C=O) groups excluding carboxylic acids is 1. The van der Waals surface area contributed by atoms with Crippen molar-refractivity contribution >= 4 is 23.2 Å². The van der Waals surface area contributed by atoms with Crippen molar-refractivity contribution in [2.45, 2.75) is 33.6 Å². The maximum atomic E-state index is 12.1. The standard InChI is InChI=1S/C16H20ClN3O/c1-10-5-7-15(14(17)9-10)18-16(21)8-6-13-11(2)19-20(4)12(13)3/h5,7,9H,6,8H2,1-4H3,(H,18,21). The van der Waals surface area contributed by atoms with Gasteiger partial charge in [-0.1, -0.05) is 17.7 Å². The Morgan fingerprint density at radius 3 is 2.62 bits per heavy atom. The first-order valence-electron chi connectivity index (χ1n) is 6.93. The Hall–Kier alpha value is -1.81. The van der Waals surface area contributed by atoms with Gasteiger partial charge in [-0.15, -0.1) is 0 Å². The quantitative estimate of drug-likeness (QED) is 0.938. The van der Waals surface area contributed by atoms with Crippen molar-refractivity contribution in [3.05, 3.63) is 45.7 Å². The van der Waals surface area contributed by atoms with E-state index in [0.29, 0.717) is 23.6 Å². The number of halogens is 1. The first kappa shape index (κ1) is 15.6. The van der Waals surface area contributed by atoms with E-state index in [9.17, 15) is 4.79 Å². The van der Waals surface area contributed by atoms with Crippen molar-refractivity contribution in [2.24, 2.45) is 7.05 Å². The third-order valence-electron chi connectivity index (χ3n) is 3.66. The molecule has 1 amide bonds. The summed E-state index contributed by atoms with van der Waals surface area (Å²) in [7, 11) is 1.91. The van der Waals surface area contributed by atoms with Gasteiger partial charge in [-0.2, -0.15) is 5.10 Å². The van der Waals surface area contributed by atoms with Crippen molar-refractivity contribution < 1.29 is 4.79 Å². The number of aromatic nitrogens is 2. The third-order valence-corrected chi connectivity index (χ3v) is 3.97. The number of hydrogen-bond acceptors (Lipinski definition) is 2. The molecule has 1 heterocycles. The average Bonchev–Trinajstić information content (AvgIpc) is 2.65. The van der Waals surface area contributed by atoms with Gasteiger partial charge in [0.2, 0.25) is 5.91 Å². The molecular weight excluding hydrogens is 286 g/mol. The Bertz CT molecular complexity index is 676. The Balaban J connectivity index is 1.99. The number of nitrogens with zero attached hydrogens (tertiary/aromatic N) is 2. The van der Waals surface area contributed by atoms with E-state index in [2.05, 4.69) is 10.4 Å². The van der Waals surface area contributed by atoms with Crippen LogP contribution in [0.1, 0.15) is 28.9 Å². The molecule has 0 aliphatic carbocycles. The Kier molecular flexibility index (Phi) is 4.68. The minimum absolute atomic E-state index is 0.0385. The molecule has 0 spiro atoms. The zero-order valence-corrected chi connectivity index (χ0v) is 13.6. The van der Waals surface area contributed by atoms with Gasteiger partial charge in [0.25, 0.3) is 0 Å². The highest BCUT2D eigenvalue weighted by Crippen LogP contribution is 2.23. The zero-order valence-electron chi connectivity index (χ0n) is 12.8. The molecule has 21 heavy (non-hydrogen) atoms. The lowest BCUT2D eigenvalue weighted by Crippen LogP contribution is -2.13. The lowest BCUT2D eigenvalue weighted by atomic mass is 10.1. The molecule has 112 valence electrons. The van der Waals surface area contributed by atoms with E-state index in [-0.39, 0.29) is 5.91 Å². The summed E-state index contributed by atoms with van der Waals surface area (Å²) in [5, 5.41) is 7.78. The van der Waals surface area contributed by atoms with Gasteiger partial charge in [0.15, 0.2) is 0 Å². The van der Waals surface area contributed by atoms with E-state index in [1.807, 2.05) is 50.7 Å². The molecular formula is C16H20ClN3O. The van der Waals surface area contributed by atoms with Gasteiger partial charge >= 0.3 is 0 Å². The fourth-order valence-corrected chi connectivity index (χ4v) is 2.63. The lowest BCUT2D eigenvalue weighted by Gasteiger charge is -2.08. The van der Waals surface area contributed by atoms with Crippen LogP contribution in [-0.4, -0.2) is 15.7 Å². The number of amides is 1. The zero-order chi connectivity index (χ0) is 15.6. The van der Waals surface area contributed by atoms with Gasteiger partial charge in [-0.05, 0) is 50.5 Å². The van der Waals surface area contributed by atoms with Crippen LogP contribution in [0.15, 0.2) is 18.2 Å². The van der Waals surface area contributed by atoms with Crippen LogP contribution in [0.25, 0.3) is 0 Å². The molecule has 0 saturated heterocycles. The molecule has 0 unspecified atom stereocenters. The van der Waals surface area contributed by atoms with Crippen molar-refractivity contribution in [3.8, 4) is 0 Å². The Labute approximate surface area is 130 Å². The summed E-state index contributed by atoms with van der Waals surface area (Å²) in [6.45, 7) is 5.95. The van der Waals surface area contributed by atoms with Crippen LogP contribution in [0.5, 0.6) is 0 Å². The van der Waals surface area contributed by atoms with E-state index in [1.54, 1.807) is 0 Å². The SMILES string of the molecule is Cc1ccc(NC(=O)CCc2c(C)nn(C)c2C)c(Cl)c1. The van der Waals surface area contributed by atoms with Crippen LogP contribution in [0.2, 0.25) is 5.02 Å². The number of nitrogens with one attached hydrogen (secondary N) is 1. The fourth-order valence-electron chi connectivity index (χ4n) is 2.35. The van der Waals surface area contributed by atoms with E-state index in [4.69, 9.17) is 11.6 Å². The second-order valence-corrected chi connectivity index (χ2v) is 5.71. The summed E-state index contributed by atoms with van der Waals surface area (Å²) in [5.41, 5.74) is 4.96. The molecule has 1 aromatic carbocycles. The summed E-state index contributed by atoms with van der Waals surface area (Å²) < 4.78 is 1.85. The van der Waals surface area contributed by atoms with Gasteiger partial charge in [0.05, 0.1) is 16.4 Å². The van der Waals surface area contributed by atoms with Gasteiger partial charge < -0.3 is 5.32 Å². The van der Waals surface area contributed by atoms with Crippen LogP contribution in [-0.2, 0) is 18.3 Å². The molecule has 0 radical (unpaired) electrons. The largest absolute Gasteiger partial charge is 0.325 e. The highest BCUT2D eigenvalue weighted by molar-refractivity contribution is 6.33. The van der Waals surface area contributed by atoms with Gasteiger partial charge in [0.1, 0.15) is 0 Å². The van der Waals surface area contributed by atoms with Gasteiger partial charge in [-0.3, -0.25) is 9.48 Å². The normalized spacial score (nSPS) is 10.7. The molecule has 2 rings (SSSR count). The van der Waals surface area contributed by atoms with Crippen LogP contribution < -0.4 is 5.32 Å². The number of anilines is 1. The average molecular weight is 306 g/mol. The van der Waals surface area contributed by atoms with Crippen molar-refractivity contribution in [3.63, 3.8) is 0 Å². The lowest BCUT2D eigenvalue weighted by molar-refractivity contribution is -0.116. The first-order valence-corrected chi connectivity index (χ1v) is 7.31. The van der Waals surface area contributed by atoms with Crippen LogP contribution in [0.4, 0.5) is 5.69 Å². The molecule has 1 aromatic heterocycles. The second-order valence-electron chi connectivity index (χ2n) is 5.30. The van der Waals surface area contributed by atoms with Crippen molar-refractivity contribution in [1.82, 2.24) is 9.78 Å². The summed E-state index contributed by atoms with van der Waals surface area (Å²) in [4.78, 5) is 12.1. The highest BCUT2D eigenvalue weighted by atomic mass is 35.5. The van der Waals surface area contributed by atoms with E-state index in [0.717, 1.165) is 22.5 Å². The molecule has 5 heteroatoms. The molecule has 2 aromatic rings. The van der Waals surface area contributed by atoms with Gasteiger partial charge in [0, 0.05) is 19.2 Å². The second kappa shape index (κ2) is 6.31. The molecule has 0 aliphatic heterocycles. The summed E-state index contributed by atoms with van der Waals surface area (Å²) >= 11 is 6.12. The number of hydrogen-bond donors (Lipinski definition) is 1. The van der Waals surface area contributed by atoms with Crippen molar-refractivity contribution in [2.75, 3.05) is 5.32 Å². The summed E-state index contributed by atoms with van der Waals surface area (Å²) in [6, 6.07) is 5.60. The maximum Gasteiger partial charge on any atom is 0.224 e. The fraction of sp³-hybridized carbons (Fsp3) is 0.375. The number of aryl methyl sites for hydroxylation is 3. The highest BCUT2D eigenvalue weighted by Gasteiger charge is 2.12. The monoisotopic (exact) mass is 305 g/mol. The number of rotatable bonds is 4. The predicted molar refractivity (Wildman–Crippen MR) is 85.8 cm³/mol. The Morgan fingerprint density at radius 2 is 2.05 bits per heavy atom. The molecule has 0 atom stereocenters. The van der Waals surface area contributed by atoms with E-state index in [1.165, 1.54) is 0 Å². The molecule has 1 N–H and O–H groups in total. The molecule has 0 fully saturated rings. The minimum Gasteiger partial charge on any atom is -0.325 e. The topological polar surface area (TPSA) is 46.9 Å². The maximum absolute atomic E-state index is 12.1. The smallest absolute Gasteiger partial charge is 0.224 e. The van der Waals surface area contributed by atoms with Gasteiger partial charge in [-0.25, -0.2) is 0 Å². The third kappa shape index (κ3) is 3.64. The first-order chi connectivity index (χ1) is 9.88. The van der Waals surface area contributed by atoms with E-state index < -0.39 is 0 Å². The molecule has 0 saturated carbocycles. The molecule has 0 bridgehead atoms. The number of benzene rings is 1. The predicted octanol–water partition coefficient (Wildman–Crippen LogP) is 3.57. The summed E-state index contributed by atoms with van der Waals surface area (Å²) in [5.74, 6) is -0.0385.